The van der Waals surface area contributed by atoms with E-state index < -0.39 is 10.0 Å². The molecule has 0 aliphatic carbocycles. The second kappa shape index (κ2) is 7.10. The molecule has 0 spiro atoms. The lowest BCUT2D eigenvalue weighted by Gasteiger charge is -2.32. The van der Waals surface area contributed by atoms with Crippen LogP contribution in [0.25, 0.3) is 0 Å². The summed E-state index contributed by atoms with van der Waals surface area (Å²) in [6.07, 6.45) is 6.59. The van der Waals surface area contributed by atoms with E-state index in [2.05, 4.69) is 15.3 Å². The summed E-state index contributed by atoms with van der Waals surface area (Å²) in [5.74, 6) is 1.14. The largest absolute Gasteiger partial charge is 0.348 e. The fourth-order valence-corrected chi connectivity index (χ4v) is 2.91. The van der Waals surface area contributed by atoms with Crippen LogP contribution in [0, 0.1) is 0 Å². The quantitative estimate of drug-likeness (QED) is 0.805. The van der Waals surface area contributed by atoms with E-state index in [4.69, 9.17) is 0 Å². The van der Waals surface area contributed by atoms with Gasteiger partial charge in [0, 0.05) is 51.5 Å². The lowest BCUT2D eigenvalue weighted by Crippen LogP contribution is -2.47. The van der Waals surface area contributed by atoms with Crippen LogP contribution in [0.4, 0.5) is 4.79 Å². The van der Waals surface area contributed by atoms with Crippen LogP contribution in [0.2, 0.25) is 0 Å². The molecular formula is C13H23N5O3S. The summed E-state index contributed by atoms with van der Waals surface area (Å²) in [6, 6.07) is -0.154. The highest BCUT2D eigenvalue weighted by Crippen LogP contribution is 2.24. The van der Waals surface area contributed by atoms with Crippen LogP contribution in [-0.4, -0.2) is 73.1 Å². The number of nitrogens with one attached hydrogen (secondary N) is 2. The Morgan fingerprint density at radius 3 is 3.00 bits per heavy atom. The van der Waals surface area contributed by atoms with Gasteiger partial charge in [-0.25, -0.2) is 22.5 Å². The van der Waals surface area contributed by atoms with E-state index in [0.717, 1.165) is 24.9 Å². The normalized spacial score (nSPS) is 19.4. The SMILES string of the molecule is CN(CCNC(=O)N1CCC[C@H](c2ncc[nH]2)C1)S(C)(=O)=O. The average Bonchev–Trinajstić information content (AvgIpc) is 3.00. The average molecular weight is 329 g/mol. The Bertz CT molecular complexity index is 587. The van der Waals surface area contributed by atoms with E-state index in [0.29, 0.717) is 19.6 Å². The fraction of sp³-hybridized carbons (Fsp3) is 0.692. The van der Waals surface area contributed by atoms with Gasteiger partial charge in [0.25, 0.3) is 0 Å². The minimum absolute atomic E-state index is 0.154. The van der Waals surface area contributed by atoms with Crippen LogP contribution < -0.4 is 5.32 Å². The van der Waals surface area contributed by atoms with Crippen molar-refractivity contribution in [3.05, 3.63) is 18.2 Å². The molecular weight excluding hydrogens is 306 g/mol. The van der Waals surface area contributed by atoms with Gasteiger partial charge in [0.15, 0.2) is 0 Å². The van der Waals surface area contributed by atoms with E-state index in [1.165, 1.54) is 11.4 Å². The molecule has 8 nitrogen and oxygen atoms in total. The van der Waals surface area contributed by atoms with Crippen LogP contribution in [0.1, 0.15) is 24.6 Å². The summed E-state index contributed by atoms with van der Waals surface area (Å²) >= 11 is 0. The molecule has 1 aliphatic heterocycles. The van der Waals surface area contributed by atoms with Crippen LogP contribution in [0.5, 0.6) is 0 Å². The molecule has 0 unspecified atom stereocenters. The molecule has 22 heavy (non-hydrogen) atoms. The first kappa shape index (κ1) is 16.8. The number of carbonyl (C=O) groups excluding carboxylic acids is 1. The zero-order chi connectivity index (χ0) is 16.2. The minimum atomic E-state index is -3.21. The highest BCUT2D eigenvalue weighted by Gasteiger charge is 2.26. The van der Waals surface area contributed by atoms with Crippen LogP contribution in [0.15, 0.2) is 12.4 Å². The van der Waals surface area contributed by atoms with Gasteiger partial charge in [-0.05, 0) is 12.8 Å². The zero-order valence-corrected chi connectivity index (χ0v) is 13.8. The minimum Gasteiger partial charge on any atom is -0.348 e. The Labute approximate surface area is 130 Å². The monoisotopic (exact) mass is 329 g/mol. The Morgan fingerprint density at radius 2 is 2.36 bits per heavy atom. The third-order valence-corrected chi connectivity index (χ3v) is 5.20. The van der Waals surface area contributed by atoms with E-state index in [9.17, 15) is 13.2 Å². The fourth-order valence-electron chi connectivity index (χ4n) is 2.48. The topological polar surface area (TPSA) is 98.4 Å². The van der Waals surface area contributed by atoms with Crippen molar-refractivity contribution in [1.82, 2.24) is 24.5 Å². The van der Waals surface area contributed by atoms with Gasteiger partial charge in [-0.3, -0.25) is 0 Å². The summed E-state index contributed by atoms with van der Waals surface area (Å²) in [6.45, 7) is 1.90. The first-order valence-corrected chi connectivity index (χ1v) is 9.16. The van der Waals surface area contributed by atoms with Gasteiger partial charge in [-0.15, -0.1) is 0 Å². The van der Waals surface area contributed by atoms with Gasteiger partial charge < -0.3 is 15.2 Å². The standard InChI is InChI=1S/C13H23N5O3S/c1-17(22(2,20)21)9-7-16-13(19)18-8-3-4-11(10-18)12-14-5-6-15-12/h5-6,11H,3-4,7-10H2,1-2H3,(H,14,15)(H,16,19)/t11-/m0/s1. The number of carbonyl (C=O) groups is 1. The maximum absolute atomic E-state index is 12.2. The van der Waals surface area contributed by atoms with Crippen molar-refractivity contribution in [1.29, 1.82) is 0 Å². The van der Waals surface area contributed by atoms with Crippen molar-refractivity contribution in [2.75, 3.05) is 39.5 Å². The lowest BCUT2D eigenvalue weighted by molar-refractivity contribution is 0.178. The second-order valence-electron chi connectivity index (χ2n) is 5.58. The molecule has 0 bridgehead atoms. The summed E-state index contributed by atoms with van der Waals surface area (Å²) in [5, 5.41) is 2.77. The Kier molecular flexibility index (Phi) is 5.41. The third kappa shape index (κ3) is 4.44. The number of hydrogen-bond acceptors (Lipinski definition) is 4. The molecule has 1 fully saturated rings. The zero-order valence-electron chi connectivity index (χ0n) is 12.9. The molecule has 2 heterocycles. The summed E-state index contributed by atoms with van der Waals surface area (Å²) in [5.41, 5.74) is 0. The van der Waals surface area contributed by atoms with E-state index in [1.807, 2.05) is 0 Å². The van der Waals surface area contributed by atoms with Crippen molar-refractivity contribution in [2.24, 2.45) is 0 Å². The molecule has 1 saturated heterocycles. The number of amides is 2. The predicted molar refractivity (Wildman–Crippen MR) is 83.0 cm³/mol. The van der Waals surface area contributed by atoms with Crippen molar-refractivity contribution < 1.29 is 13.2 Å². The van der Waals surface area contributed by atoms with Crippen molar-refractivity contribution >= 4 is 16.1 Å². The molecule has 9 heteroatoms. The number of likely N-dealkylation sites (N-methyl/N-ethyl adjacent to an activating group) is 1. The number of likely N-dealkylation sites (tertiary alicyclic amines) is 1. The van der Waals surface area contributed by atoms with Crippen LogP contribution in [-0.2, 0) is 10.0 Å². The van der Waals surface area contributed by atoms with E-state index >= 15 is 0 Å². The summed E-state index contributed by atoms with van der Waals surface area (Å²) in [4.78, 5) is 21.3. The second-order valence-corrected chi connectivity index (χ2v) is 7.67. The van der Waals surface area contributed by atoms with Gasteiger partial charge in [0.05, 0.1) is 6.26 Å². The number of aromatic nitrogens is 2. The number of piperidine rings is 1. The molecule has 2 N–H and O–H groups in total. The van der Waals surface area contributed by atoms with E-state index in [-0.39, 0.29) is 18.5 Å². The highest BCUT2D eigenvalue weighted by molar-refractivity contribution is 7.88. The molecule has 1 aromatic rings. The molecule has 0 aromatic carbocycles. The van der Waals surface area contributed by atoms with Gasteiger partial charge in [0.1, 0.15) is 5.82 Å². The third-order valence-electron chi connectivity index (χ3n) is 3.88. The van der Waals surface area contributed by atoms with Crippen LogP contribution >= 0.6 is 0 Å². The van der Waals surface area contributed by atoms with Gasteiger partial charge in [-0.2, -0.15) is 0 Å². The Balaban J connectivity index is 1.80. The highest BCUT2D eigenvalue weighted by atomic mass is 32.2. The van der Waals surface area contributed by atoms with Crippen molar-refractivity contribution in [2.45, 2.75) is 18.8 Å². The van der Waals surface area contributed by atoms with Crippen molar-refractivity contribution in [3.8, 4) is 0 Å². The number of imidazole rings is 1. The maximum Gasteiger partial charge on any atom is 0.317 e. The van der Waals surface area contributed by atoms with Gasteiger partial charge in [-0.1, -0.05) is 0 Å². The number of aromatic amines is 1. The number of hydrogen-bond donors (Lipinski definition) is 2. The van der Waals surface area contributed by atoms with E-state index in [1.54, 1.807) is 17.3 Å². The Hall–Kier alpha value is -1.61. The molecule has 1 atom stereocenters. The smallest absolute Gasteiger partial charge is 0.317 e. The summed E-state index contributed by atoms with van der Waals surface area (Å²) in [7, 11) is -1.71. The molecule has 0 radical (unpaired) electrons. The molecule has 0 saturated carbocycles. The first-order valence-electron chi connectivity index (χ1n) is 7.31. The predicted octanol–water partition coefficient (Wildman–Crippen LogP) is 0.190. The number of sulfonamides is 1. The molecule has 124 valence electrons. The molecule has 2 amide bonds. The van der Waals surface area contributed by atoms with Gasteiger partial charge in [0.2, 0.25) is 10.0 Å². The molecule has 2 rings (SSSR count). The number of nitrogens with zero attached hydrogens (tertiary/aromatic N) is 3. The molecule has 1 aromatic heterocycles. The Morgan fingerprint density at radius 1 is 1.59 bits per heavy atom. The molecule has 1 aliphatic rings. The van der Waals surface area contributed by atoms with Crippen molar-refractivity contribution in [3.63, 3.8) is 0 Å². The number of urea groups is 1. The first-order chi connectivity index (χ1) is 10.4. The number of H-pyrrole nitrogens is 1. The van der Waals surface area contributed by atoms with Gasteiger partial charge >= 0.3 is 6.03 Å². The number of rotatable bonds is 5. The summed E-state index contributed by atoms with van der Waals surface area (Å²) < 4.78 is 23.8. The van der Waals surface area contributed by atoms with Crippen LogP contribution in [0.3, 0.4) is 0 Å². The lowest BCUT2D eigenvalue weighted by atomic mass is 9.98. The maximum atomic E-state index is 12.2.